The molecule has 0 spiro atoms. The van der Waals surface area contributed by atoms with E-state index in [4.69, 9.17) is 9.47 Å². The average Bonchev–Trinajstić information content (AvgIpc) is 3.39. The van der Waals surface area contributed by atoms with Crippen molar-refractivity contribution in [2.75, 3.05) is 19.1 Å². The van der Waals surface area contributed by atoms with Crippen molar-refractivity contribution in [1.82, 2.24) is 5.32 Å². The highest BCUT2D eigenvalue weighted by molar-refractivity contribution is 6.24. The Balaban J connectivity index is 1.69. The van der Waals surface area contributed by atoms with Crippen molar-refractivity contribution in [2.24, 2.45) is 11.8 Å². The molecular weight excluding hydrogens is 460 g/mol. The van der Waals surface area contributed by atoms with Crippen molar-refractivity contribution in [3.05, 3.63) is 90.0 Å². The maximum Gasteiger partial charge on any atom is 0.327 e. The number of rotatable bonds is 6. The number of nitrogens with zero attached hydrogens (tertiary/aromatic N) is 1. The topological polar surface area (TPSA) is 105 Å². The minimum absolute atomic E-state index is 0.0778. The molecule has 2 heterocycles. The summed E-state index contributed by atoms with van der Waals surface area (Å²) in [4.78, 5) is 42.6. The first-order valence-electron chi connectivity index (χ1n) is 11.6. The molecule has 3 aromatic carbocycles. The quantitative estimate of drug-likeness (QED) is 0.408. The zero-order chi connectivity index (χ0) is 25.4. The van der Waals surface area contributed by atoms with Gasteiger partial charge in [0.2, 0.25) is 11.8 Å². The lowest BCUT2D eigenvalue weighted by atomic mass is 9.76. The van der Waals surface area contributed by atoms with Crippen molar-refractivity contribution in [2.45, 2.75) is 18.0 Å². The van der Waals surface area contributed by atoms with E-state index in [1.54, 1.807) is 48.5 Å². The number of para-hydroxylation sites is 2. The van der Waals surface area contributed by atoms with Crippen LogP contribution >= 0.6 is 0 Å². The number of hydrogen-bond acceptors (Lipinski definition) is 7. The first-order valence-corrected chi connectivity index (χ1v) is 11.6. The maximum atomic E-state index is 14.0. The molecule has 4 atom stereocenters. The van der Waals surface area contributed by atoms with Gasteiger partial charge in [0.25, 0.3) is 0 Å². The van der Waals surface area contributed by atoms with Crippen LogP contribution in [0.5, 0.6) is 11.5 Å². The standard InChI is InChI=1S/C28H26N2O6/c1-35-21-11-7-6-10-20(21)24-22-23(26(33)30(25(22)32)18-8-4-3-5-9-18)28(29-24,27(34)36-2)16-17-12-14-19(31)15-13-17/h3-15,22-24,29,31H,16H2,1-2H3/t22-,23+,24-,28-/m1/s1. The zero-order valence-electron chi connectivity index (χ0n) is 19.9. The second-order valence-electron chi connectivity index (χ2n) is 9.02. The molecule has 0 radical (unpaired) electrons. The Bertz CT molecular complexity index is 1310. The van der Waals surface area contributed by atoms with Gasteiger partial charge in [-0.15, -0.1) is 0 Å². The Morgan fingerprint density at radius 3 is 2.28 bits per heavy atom. The summed E-state index contributed by atoms with van der Waals surface area (Å²) in [6.07, 6.45) is 0.0778. The van der Waals surface area contributed by atoms with Crippen LogP contribution in [0.2, 0.25) is 0 Å². The molecule has 2 aliphatic rings. The fraction of sp³-hybridized carbons (Fsp3) is 0.250. The Labute approximate surface area is 208 Å². The lowest BCUT2D eigenvalue weighted by Gasteiger charge is -2.33. The summed E-state index contributed by atoms with van der Waals surface area (Å²) in [6, 6.07) is 21.7. The number of methoxy groups -OCH3 is 2. The van der Waals surface area contributed by atoms with Gasteiger partial charge in [0.1, 0.15) is 17.0 Å². The van der Waals surface area contributed by atoms with Gasteiger partial charge in [0.15, 0.2) is 0 Å². The number of esters is 1. The second kappa shape index (κ2) is 9.13. The Hall–Kier alpha value is -4.17. The number of amides is 2. The predicted octanol–water partition coefficient (Wildman–Crippen LogP) is 3.01. The van der Waals surface area contributed by atoms with E-state index in [1.165, 1.54) is 31.3 Å². The van der Waals surface area contributed by atoms with Gasteiger partial charge in [-0.1, -0.05) is 48.5 Å². The minimum atomic E-state index is -1.53. The molecule has 8 heteroatoms. The molecule has 0 aromatic heterocycles. The number of fused-ring (bicyclic) bond motifs is 1. The molecule has 2 aliphatic heterocycles. The number of anilines is 1. The van der Waals surface area contributed by atoms with Crippen LogP contribution < -0.4 is 15.0 Å². The molecule has 2 N–H and O–H groups in total. The van der Waals surface area contributed by atoms with Gasteiger partial charge in [-0.2, -0.15) is 0 Å². The molecule has 3 aromatic rings. The summed E-state index contributed by atoms with van der Waals surface area (Å²) >= 11 is 0. The summed E-state index contributed by atoms with van der Waals surface area (Å²) < 4.78 is 10.8. The highest BCUT2D eigenvalue weighted by atomic mass is 16.5. The van der Waals surface area contributed by atoms with E-state index < -0.39 is 41.2 Å². The third-order valence-electron chi connectivity index (χ3n) is 7.11. The number of phenols is 1. The van der Waals surface area contributed by atoms with Crippen molar-refractivity contribution in [3.8, 4) is 11.5 Å². The van der Waals surface area contributed by atoms with E-state index in [-0.39, 0.29) is 12.2 Å². The van der Waals surface area contributed by atoms with Gasteiger partial charge in [0.05, 0.1) is 31.7 Å². The van der Waals surface area contributed by atoms with E-state index in [1.807, 2.05) is 18.2 Å². The van der Waals surface area contributed by atoms with E-state index in [0.717, 1.165) is 0 Å². The fourth-order valence-corrected chi connectivity index (χ4v) is 5.57. The number of nitrogens with one attached hydrogen (secondary N) is 1. The van der Waals surface area contributed by atoms with Crippen molar-refractivity contribution in [1.29, 1.82) is 0 Å². The number of benzene rings is 3. The first-order chi connectivity index (χ1) is 17.4. The van der Waals surface area contributed by atoms with Crippen LogP contribution in [0, 0.1) is 11.8 Å². The summed E-state index contributed by atoms with van der Waals surface area (Å²) in [5.74, 6) is -2.78. The molecule has 0 unspecified atom stereocenters. The molecule has 0 aliphatic carbocycles. The lowest BCUT2D eigenvalue weighted by Crippen LogP contribution is -2.57. The largest absolute Gasteiger partial charge is 0.508 e. The number of carbonyl (C=O) groups is 3. The van der Waals surface area contributed by atoms with Crippen molar-refractivity contribution < 1.29 is 29.0 Å². The zero-order valence-corrected chi connectivity index (χ0v) is 19.9. The number of hydrogen-bond donors (Lipinski definition) is 2. The molecule has 36 heavy (non-hydrogen) atoms. The molecule has 8 nitrogen and oxygen atoms in total. The third kappa shape index (κ3) is 3.61. The summed E-state index contributed by atoms with van der Waals surface area (Å²) in [7, 11) is 2.80. The summed E-state index contributed by atoms with van der Waals surface area (Å²) in [6.45, 7) is 0. The molecule has 0 saturated carbocycles. The Morgan fingerprint density at radius 2 is 1.61 bits per heavy atom. The van der Waals surface area contributed by atoms with Crippen molar-refractivity contribution in [3.63, 3.8) is 0 Å². The van der Waals surface area contributed by atoms with Crippen LogP contribution in [0.3, 0.4) is 0 Å². The van der Waals surface area contributed by atoms with Crippen LogP contribution in [0.4, 0.5) is 5.69 Å². The first kappa shape index (κ1) is 23.6. The molecule has 5 rings (SSSR count). The third-order valence-corrected chi connectivity index (χ3v) is 7.11. The number of phenolic OH excluding ortho intramolecular Hbond substituents is 1. The van der Waals surface area contributed by atoms with E-state index in [0.29, 0.717) is 22.6 Å². The smallest absolute Gasteiger partial charge is 0.327 e. The Kier molecular flexibility index (Phi) is 5.97. The Morgan fingerprint density at radius 1 is 0.944 bits per heavy atom. The van der Waals surface area contributed by atoms with Gasteiger partial charge in [0, 0.05) is 18.0 Å². The van der Waals surface area contributed by atoms with E-state index >= 15 is 0 Å². The van der Waals surface area contributed by atoms with Crippen LogP contribution in [-0.2, 0) is 25.5 Å². The number of imide groups is 1. The molecule has 2 saturated heterocycles. The van der Waals surface area contributed by atoms with Crippen LogP contribution in [-0.4, -0.2) is 42.6 Å². The molecular formula is C28H26N2O6. The SMILES string of the molecule is COC(=O)[C@]1(Cc2ccc(O)cc2)N[C@H](c2ccccc2OC)[C@@H]2C(=O)N(c3ccccc3)C(=O)[C@H]21. The molecule has 2 fully saturated rings. The summed E-state index contributed by atoms with van der Waals surface area (Å²) in [5, 5.41) is 13.1. The molecule has 0 bridgehead atoms. The van der Waals surface area contributed by atoms with Crippen LogP contribution in [0.25, 0.3) is 0 Å². The fourth-order valence-electron chi connectivity index (χ4n) is 5.57. The van der Waals surface area contributed by atoms with Crippen molar-refractivity contribution >= 4 is 23.5 Å². The molecule has 2 amide bonds. The normalized spacial score (nSPS) is 25.1. The van der Waals surface area contributed by atoms with Gasteiger partial charge in [-0.05, 0) is 35.9 Å². The highest BCUT2D eigenvalue weighted by Crippen LogP contribution is 2.52. The average molecular weight is 487 g/mol. The lowest BCUT2D eigenvalue weighted by molar-refractivity contribution is -0.152. The predicted molar refractivity (Wildman–Crippen MR) is 131 cm³/mol. The van der Waals surface area contributed by atoms with Gasteiger partial charge < -0.3 is 14.6 Å². The van der Waals surface area contributed by atoms with Crippen LogP contribution in [0.15, 0.2) is 78.9 Å². The van der Waals surface area contributed by atoms with Gasteiger partial charge in [-0.25, -0.2) is 4.90 Å². The number of carbonyl (C=O) groups excluding carboxylic acids is 3. The van der Waals surface area contributed by atoms with E-state index in [9.17, 15) is 19.5 Å². The maximum absolute atomic E-state index is 14.0. The second-order valence-corrected chi connectivity index (χ2v) is 9.02. The summed E-state index contributed by atoms with van der Waals surface area (Å²) in [5.41, 5.74) is 0.285. The number of ether oxygens (including phenoxy) is 2. The molecule has 184 valence electrons. The monoisotopic (exact) mass is 486 g/mol. The van der Waals surface area contributed by atoms with Gasteiger partial charge >= 0.3 is 5.97 Å². The highest BCUT2D eigenvalue weighted by Gasteiger charge is 2.69. The van der Waals surface area contributed by atoms with E-state index in [2.05, 4.69) is 5.32 Å². The van der Waals surface area contributed by atoms with Crippen LogP contribution in [0.1, 0.15) is 17.2 Å². The minimum Gasteiger partial charge on any atom is -0.508 e. The van der Waals surface area contributed by atoms with Gasteiger partial charge in [-0.3, -0.25) is 19.7 Å². The number of aromatic hydroxyl groups is 1.